The van der Waals surface area contributed by atoms with Gasteiger partial charge in [0.2, 0.25) is 0 Å². The average Bonchev–Trinajstić information content (AvgIpc) is 2.56. The van der Waals surface area contributed by atoms with E-state index in [1.165, 1.54) is 0 Å². The molecular weight excluding hydrogens is 178 g/mol. The van der Waals surface area contributed by atoms with Crippen LogP contribution in [0.4, 0.5) is 0 Å². The Kier molecular flexibility index (Phi) is 2.08. The number of ether oxygens (including phenoxy) is 2. The summed E-state index contributed by atoms with van der Waals surface area (Å²) in [4.78, 5) is 3.25. The minimum atomic E-state index is 0.812. The molecular formula is C11H13NO2. The van der Waals surface area contributed by atoms with Crippen molar-refractivity contribution in [2.75, 3.05) is 14.2 Å². The molecule has 74 valence electrons. The molecule has 0 amide bonds. The monoisotopic (exact) mass is 191 g/mol. The van der Waals surface area contributed by atoms with Crippen LogP contribution in [0.2, 0.25) is 0 Å². The van der Waals surface area contributed by atoms with Gasteiger partial charge in [-0.2, -0.15) is 0 Å². The van der Waals surface area contributed by atoms with Gasteiger partial charge in [0.15, 0.2) is 0 Å². The van der Waals surface area contributed by atoms with Gasteiger partial charge >= 0.3 is 0 Å². The van der Waals surface area contributed by atoms with Gasteiger partial charge in [-0.1, -0.05) is 0 Å². The smallest absolute Gasteiger partial charge is 0.146 e. The highest BCUT2D eigenvalue weighted by molar-refractivity contribution is 5.87. The minimum Gasteiger partial charge on any atom is -0.497 e. The second kappa shape index (κ2) is 3.25. The minimum absolute atomic E-state index is 0.812. The average molecular weight is 191 g/mol. The number of rotatable bonds is 2. The van der Waals surface area contributed by atoms with Gasteiger partial charge in [0.25, 0.3) is 0 Å². The summed E-state index contributed by atoms with van der Waals surface area (Å²) >= 11 is 0. The van der Waals surface area contributed by atoms with Crippen LogP contribution < -0.4 is 9.47 Å². The van der Waals surface area contributed by atoms with Crippen molar-refractivity contribution in [3.05, 3.63) is 23.9 Å². The molecule has 2 rings (SSSR count). The molecule has 0 bridgehead atoms. The van der Waals surface area contributed by atoms with Crippen molar-refractivity contribution >= 4 is 10.9 Å². The molecule has 1 aromatic carbocycles. The number of nitrogens with one attached hydrogen (secondary N) is 1. The number of aromatic nitrogens is 1. The number of benzene rings is 1. The predicted octanol–water partition coefficient (Wildman–Crippen LogP) is 2.49. The van der Waals surface area contributed by atoms with Crippen molar-refractivity contribution < 1.29 is 9.47 Å². The van der Waals surface area contributed by atoms with E-state index in [4.69, 9.17) is 9.47 Å². The Balaban J connectivity index is 2.72. The van der Waals surface area contributed by atoms with Crippen molar-refractivity contribution in [2.24, 2.45) is 0 Å². The van der Waals surface area contributed by atoms with Gasteiger partial charge < -0.3 is 14.5 Å². The summed E-state index contributed by atoms with van der Waals surface area (Å²) < 4.78 is 10.5. The van der Waals surface area contributed by atoms with Gasteiger partial charge in [0.05, 0.1) is 19.7 Å². The van der Waals surface area contributed by atoms with Crippen molar-refractivity contribution in [1.82, 2.24) is 4.98 Å². The third-order valence-electron chi connectivity index (χ3n) is 2.26. The maximum atomic E-state index is 5.27. The van der Waals surface area contributed by atoms with E-state index in [1.54, 1.807) is 14.2 Å². The highest BCUT2D eigenvalue weighted by Crippen LogP contribution is 2.30. The predicted molar refractivity (Wildman–Crippen MR) is 56.1 cm³/mol. The van der Waals surface area contributed by atoms with Gasteiger partial charge in [-0.3, -0.25) is 0 Å². The highest BCUT2D eigenvalue weighted by Gasteiger charge is 2.06. The second-order valence-electron chi connectivity index (χ2n) is 3.25. The van der Waals surface area contributed by atoms with Crippen LogP contribution in [0.3, 0.4) is 0 Å². The van der Waals surface area contributed by atoms with Crippen molar-refractivity contribution in [3.8, 4) is 11.5 Å². The SMILES string of the molecule is COc1cc(OC)c2[nH]c(C)cc2c1. The molecule has 0 radical (unpaired) electrons. The first-order valence-electron chi connectivity index (χ1n) is 4.46. The Morgan fingerprint density at radius 1 is 1.07 bits per heavy atom. The summed E-state index contributed by atoms with van der Waals surface area (Å²) in [6.45, 7) is 2.02. The zero-order valence-electron chi connectivity index (χ0n) is 8.55. The molecule has 0 spiro atoms. The Labute approximate surface area is 82.6 Å². The first-order valence-corrected chi connectivity index (χ1v) is 4.46. The maximum absolute atomic E-state index is 5.27. The topological polar surface area (TPSA) is 34.2 Å². The van der Waals surface area contributed by atoms with Crippen LogP contribution in [-0.4, -0.2) is 19.2 Å². The zero-order chi connectivity index (χ0) is 10.1. The third kappa shape index (κ3) is 1.31. The van der Waals surface area contributed by atoms with Crippen molar-refractivity contribution in [2.45, 2.75) is 6.92 Å². The molecule has 0 aliphatic heterocycles. The Morgan fingerprint density at radius 2 is 1.86 bits per heavy atom. The molecule has 2 aromatic rings. The third-order valence-corrected chi connectivity index (χ3v) is 2.26. The Morgan fingerprint density at radius 3 is 2.50 bits per heavy atom. The zero-order valence-corrected chi connectivity index (χ0v) is 8.55. The molecule has 0 saturated heterocycles. The molecule has 0 atom stereocenters. The quantitative estimate of drug-likeness (QED) is 0.791. The van der Waals surface area contributed by atoms with Crippen LogP contribution in [0.15, 0.2) is 18.2 Å². The molecule has 0 unspecified atom stereocenters. The number of methoxy groups -OCH3 is 2. The number of hydrogen-bond acceptors (Lipinski definition) is 2. The Bertz CT molecular complexity index is 460. The summed E-state index contributed by atoms with van der Waals surface area (Å²) in [5.41, 5.74) is 2.14. The lowest BCUT2D eigenvalue weighted by molar-refractivity contribution is 0.397. The van der Waals surface area contributed by atoms with E-state index in [1.807, 2.05) is 19.1 Å². The molecule has 0 saturated carbocycles. The summed E-state index contributed by atoms with van der Waals surface area (Å²) in [5, 5.41) is 1.11. The summed E-state index contributed by atoms with van der Waals surface area (Å²) in [5.74, 6) is 1.63. The molecule has 0 aliphatic rings. The van der Waals surface area contributed by atoms with Crippen LogP contribution in [0.1, 0.15) is 5.69 Å². The van der Waals surface area contributed by atoms with E-state index < -0.39 is 0 Å². The van der Waals surface area contributed by atoms with E-state index in [2.05, 4.69) is 11.1 Å². The fourth-order valence-corrected chi connectivity index (χ4v) is 1.60. The van der Waals surface area contributed by atoms with Crippen molar-refractivity contribution in [3.63, 3.8) is 0 Å². The van der Waals surface area contributed by atoms with Crippen molar-refractivity contribution in [1.29, 1.82) is 0 Å². The molecule has 3 heteroatoms. The number of fused-ring (bicyclic) bond motifs is 1. The standard InChI is InChI=1S/C11H13NO2/c1-7-4-8-5-9(13-2)6-10(14-3)11(8)12-7/h4-6,12H,1-3H3. The van der Waals surface area contributed by atoms with Gasteiger partial charge in [0.1, 0.15) is 11.5 Å². The van der Waals surface area contributed by atoms with Gasteiger partial charge in [-0.15, -0.1) is 0 Å². The lowest BCUT2D eigenvalue weighted by Crippen LogP contribution is -1.87. The lowest BCUT2D eigenvalue weighted by atomic mass is 10.2. The van der Waals surface area contributed by atoms with Crippen LogP contribution in [0.5, 0.6) is 11.5 Å². The summed E-state index contributed by atoms with van der Waals surface area (Å²) in [7, 11) is 3.31. The lowest BCUT2D eigenvalue weighted by Gasteiger charge is -2.05. The summed E-state index contributed by atoms with van der Waals surface area (Å²) in [6, 6.07) is 5.93. The van der Waals surface area contributed by atoms with Crippen LogP contribution in [-0.2, 0) is 0 Å². The van der Waals surface area contributed by atoms with E-state index in [0.717, 1.165) is 28.1 Å². The van der Waals surface area contributed by atoms with E-state index in [9.17, 15) is 0 Å². The molecule has 0 aliphatic carbocycles. The first kappa shape index (κ1) is 8.94. The molecule has 14 heavy (non-hydrogen) atoms. The van der Waals surface area contributed by atoms with E-state index in [0.29, 0.717) is 0 Å². The number of hydrogen-bond donors (Lipinski definition) is 1. The van der Waals surface area contributed by atoms with Gasteiger partial charge in [0, 0.05) is 17.1 Å². The van der Waals surface area contributed by atoms with Gasteiger partial charge in [-0.25, -0.2) is 0 Å². The van der Waals surface area contributed by atoms with Crippen LogP contribution in [0.25, 0.3) is 10.9 Å². The maximum Gasteiger partial charge on any atom is 0.146 e. The second-order valence-corrected chi connectivity index (χ2v) is 3.25. The molecule has 0 fully saturated rings. The fourth-order valence-electron chi connectivity index (χ4n) is 1.60. The number of aryl methyl sites for hydroxylation is 1. The van der Waals surface area contributed by atoms with Crippen LogP contribution in [0, 0.1) is 6.92 Å². The van der Waals surface area contributed by atoms with E-state index in [-0.39, 0.29) is 0 Å². The van der Waals surface area contributed by atoms with Gasteiger partial charge in [-0.05, 0) is 19.1 Å². The normalized spacial score (nSPS) is 10.5. The van der Waals surface area contributed by atoms with E-state index >= 15 is 0 Å². The largest absolute Gasteiger partial charge is 0.497 e. The molecule has 1 N–H and O–H groups in total. The summed E-state index contributed by atoms with van der Waals surface area (Å²) in [6.07, 6.45) is 0. The first-order chi connectivity index (χ1) is 6.74. The number of aromatic amines is 1. The Hall–Kier alpha value is -1.64. The fraction of sp³-hybridized carbons (Fsp3) is 0.273. The molecule has 1 aromatic heterocycles. The van der Waals surface area contributed by atoms with Crippen LogP contribution >= 0.6 is 0 Å². The number of H-pyrrole nitrogens is 1. The molecule has 3 nitrogen and oxygen atoms in total. The highest BCUT2D eigenvalue weighted by atomic mass is 16.5. The molecule has 1 heterocycles.